The SMILES string of the molecule is Cc1ccc(-[s+]2c3ccccc3c3ccccc32)cc1F. The van der Waals surface area contributed by atoms with E-state index in [0.29, 0.717) is 5.56 Å². The molecule has 0 aliphatic heterocycles. The minimum Gasteiger partial charge on any atom is -0.206 e. The van der Waals surface area contributed by atoms with Gasteiger partial charge in [0.05, 0.1) is 0 Å². The summed E-state index contributed by atoms with van der Waals surface area (Å²) in [6.45, 7) is 1.80. The smallest absolute Gasteiger partial charge is 0.187 e. The Bertz CT molecular complexity index is 913. The Morgan fingerprint density at radius 1 is 0.762 bits per heavy atom. The lowest BCUT2D eigenvalue weighted by molar-refractivity contribution is 0.619. The second kappa shape index (κ2) is 4.68. The molecule has 0 nitrogen and oxygen atoms in total. The summed E-state index contributed by atoms with van der Waals surface area (Å²) in [6.07, 6.45) is 0. The van der Waals surface area contributed by atoms with Crippen molar-refractivity contribution in [1.29, 1.82) is 0 Å². The molecule has 102 valence electrons. The number of hydrogen-bond donors (Lipinski definition) is 0. The van der Waals surface area contributed by atoms with Crippen LogP contribution in [0.25, 0.3) is 25.1 Å². The summed E-state index contributed by atoms with van der Waals surface area (Å²) >= 11 is 0. The average molecular weight is 293 g/mol. The van der Waals surface area contributed by atoms with Crippen molar-refractivity contribution in [2.24, 2.45) is 0 Å². The number of fused-ring (bicyclic) bond motifs is 3. The van der Waals surface area contributed by atoms with E-state index < -0.39 is 0 Å². The fraction of sp³-hybridized carbons (Fsp3) is 0.0526. The van der Waals surface area contributed by atoms with Gasteiger partial charge in [0, 0.05) is 27.3 Å². The zero-order valence-electron chi connectivity index (χ0n) is 11.6. The van der Waals surface area contributed by atoms with Crippen LogP contribution in [0.15, 0.2) is 66.7 Å². The summed E-state index contributed by atoms with van der Waals surface area (Å²) in [5.41, 5.74) is 0.697. The molecule has 4 rings (SSSR count). The number of rotatable bonds is 1. The van der Waals surface area contributed by atoms with Gasteiger partial charge in [-0.05, 0) is 42.8 Å². The van der Waals surface area contributed by atoms with Crippen LogP contribution in [0.4, 0.5) is 4.39 Å². The minimum atomic E-state index is -0.199. The lowest BCUT2D eigenvalue weighted by atomic mass is 10.2. The van der Waals surface area contributed by atoms with E-state index in [4.69, 9.17) is 0 Å². The normalized spacial score (nSPS) is 11.3. The van der Waals surface area contributed by atoms with Gasteiger partial charge in [0.25, 0.3) is 0 Å². The molecule has 21 heavy (non-hydrogen) atoms. The topological polar surface area (TPSA) is 0 Å². The van der Waals surface area contributed by atoms with Crippen molar-refractivity contribution >= 4 is 30.6 Å². The average Bonchev–Trinajstić information content (AvgIpc) is 2.85. The van der Waals surface area contributed by atoms with Crippen molar-refractivity contribution < 1.29 is 4.39 Å². The van der Waals surface area contributed by atoms with Crippen molar-refractivity contribution in [2.45, 2.75) is 6.92 Å². The van der Waals surface area contributed by atoms with Crippen molar-refractivity contribution in [3.8, 4) is 4.90 Å². The number of aryl methyl sites for hydroxylation is 1. The van der Waals surface area contributed by atoms with Crippen LogP contribution in [-0.4, -0.2) is 0 Å². The summed E-state index contributed by atoms with van der Waals surface area (Å²) in [7, 11) is -0.199. The second-order valence-electron chi connectivity index (χ2n) is 5.21. The van der Waals surface area contributed by atoms with Gasteiger partial charge in [-0.3, -0.25) is 0 Å². The van der Waals surface area contributed by atoms with Crippen LogP contribution in [0.2, 0.25) is 0 Å². The molecule has 4 aromatic rings. The van der Waals surface area contributed by atoms with E-state index in [2.05, 4.69) is 54.6 Å². The maximum Gasteiger partial charge on any atom is 0.187 e. The Morgan fingerprint density at radius 3 is 1.90 bits per heavy atom. The first kappa shape index (κ1) is 12.5. The van der Waals surface area contributed by atoms with E-state index in [1.807, 2.05) is 6.07 Å². The molecule has 0 fully saturated rings. The molecule has 0 atom stereocenters. The third kappa shape index (κ3) is 1.87. The van der Waals surface area contributed by atoms with Gasteiger partial charge in [-0.2, -0.15) is 0 Å². The van der Waals surface area contributed by atoms with Crippen molar-refractivity contribution in [2.75, 3.05) is 0 Å². The molecule has 1 heterocycles. The molecule has 0 saturated heterocycles. The fourth-order valence-electron chi connectivity index (χ4n) is 2.81. The number of thiophene rings is 1. The summed E-state index contributed by atoms with van der Waals surface area (Å²) in [5, 5.41) is 2.55. The van der Waals surface area contributed by atoms with E-state index in [-0.39, 0.29) is 16.3 Å². The van der Waals surface area contributed by atoms with Crippen molar-refractivity contribution in [3.63, 3.8) is 0 Å². The van der Waals surface area contributed by atoms with Crippen LogP contribution in [0.3, 0.4) is 0 Å². The first-order valence-corrected chi connectivity index (χ1v) is 8.17. The van der Waals surface area contributed by atoms with E-state index in [1.165, 1.54) is 20.2 Å². The molecule has 0 unspecified atom stereocenters. The molecular formula is C19H14FS+. The molecule has 0 amide bonds. The highest BCUT2D eigenvalue weighted by atomic mass is 32.2. The molecule has 3 aromatic carbocycles. The number of hydrogen-bond acceptors (Lipinski definition) is 0. The largest absolute Gasteiger partial charge is 0.206 e. The first-order chi connectivity index (χ1) is 10.3. The van der Waals surface area contributed by atoms with Gasteiger partial charge in [0.15, 0.2) is 14.3 Å². The Balaban J connectivity index is 2.17. The van der Waals surface area contributed by atoms with Gasteiger partial charge < -0.3 is 0 Å². The Labute approximate surface area is 125 Å². The monoisotopic (exact) mass is 293 g/mol. The molecule has 0 N–H and O–H groups in total. The summed E-state index contributed by atoms with van der Waals surface area (Å²) in [5.74, 6) is -0.123. The van der Waals surface area contributed by atoms with Crippen LogP contribution in [0, 0.1) is 12.7 Å². The fourth-order valence-corrected chi connectivity index (χ4v) is 5.20. The van der Waals surface area contributed by atoms with Gasteiger partial charge >= 0.3 is 0 Å². The highest BCUT2D eigenvalue weighted by Gasteiger charge is 2.23. The molecule has 0 aliphatic carbocycles. The Kier molecular flexibility index (Phi) is 2.79. The molecule has 1 aromatic heterocycles. The Morgan fingerprint density at radius 2 is 1.33 bits per heavy atom. The lowest BCUT2D eigenvalue weighted by Gasteiger charge is -1.97. The standard InChI is InChI=1S/C19H14FS/c1-13-10-11-14(12-17(13)20)21-18-8-4-2-6-15(18)16-7-3-5-9-19(16)21/h2-12H,1H3/q+1. The summed E-state index contributed by atoms with van der Waals surface area (Å²) in [6, 6.07) is 22.5. The van der Waals surface area contributed by atoms with Crippen LogP contribution in [-0.2, 0) is 0 Å². The summed E-state index contributed by atoms with van der Waals surface area (Å²) in [4.78, 5) is 1.05. The van der Waals surface area contributed by atoms with Gasteiger partial charge in [-0.1, -0.05) is 30.3 Å². The third-order valence-corrected chi connectivity index (χ3v) is 6.20. The predicted molar refractivity (Wildman–Crippen MR) is 90.0 cm³/mol. The van der Waals surface area contributed by atoms with Crippen molar-refractivity contribution in [3.05, 3.63) is 78.1 Å². The zero-order chi connectivity index (χ0) is 14.4. The van der Waals surface area contributed by atoms with E-state index in [9.17, 15) is 4.39 Å². The van der Waals surface area contributed by atoms with E-state index in [1.54, 1.807) is 13.0 Å². The van der Waals surface area contributed by atoms with E-state index >= 15 is 0 Å². The molecular weight excluding hydrogens is 279 g/mol. The van der Waals surface area contributed by atoms with Crippen LogP contribution in [0.1, 0.15) is 5.56 Å². The number of halogens is 1. The maximum atomic E-state index is 14.0. The lowest BCUT2D eigenvalue weighted by Crippen LogP contribution is -1.81. The second-order valence-corrected chi connectivity index (χ2v) is 7.17. The Hall–Kier alpha value is -2.19. The van der Waals surface area contributed by atoms with Crippen LogP contribution in [0.5, 0.6) is 0 Å². The quantitative estimate of drug-likeness (QED) is 0.368. The van der Waals surface area contributed by atoms with Gasteiger partial charge in [0.2, 0.25) is 0 Å². The molecule has 0 radical (unpaired) electrons. The third-order valence-electron chi connectivity index (χ3n) is 3.88. The molecule has 0 aliphatic rings. The predicted octanol–water partition coefficient (Wildman–Crippen LogP) is 6.18. The van der Waals surface area contributed by atoms with E-state index in [0.717, 1.165) is 4.90 Å². The van der Waals surface area contributed by atoms with Crippen LogP contribution < -0.4 is 0 Å². The van der Waals surface area contributed by atoms with Crippen molar-refractivity contribution in [1.82, 2.24) is 0 Å². The maximum absolute atomic E-state index is 14.0. The first-order valence-electron chi connectivity index (χ1n) is 6.94. The molecule has 0 spiro atoms. The van der Waals surface area contributed by atoms with Gasteiger partial charge in [-0.25, -0.2) is 4.39 Å². The highest BCUT2D eigenvalue weighted by molar-refractivity contribution is 7.50. The molecule has 0 bridgehead atoms. The van der Waals surface area contributed by atoms with Gasteiger partial charge in [-0.15, -0.1) is 0 Å². The van der Waals surface area contributed by atoms with Gasteiger partial charge in [0.1, 0.15) is 5.82 Å². The summed E-state index contributed by atoms with van der Waals surface area (Å²) < 4.78 is 16.6. The zero-order valence-corrected chi connectivity index (χ0v) is 12.5. The highest BCUT2D eigenvalue weighted by Crippen LogP contribution is 2.48. The number of benzene rings is 3. The molecule has 2 heteroatoms. The minimum absolute atomic E-state index is 0.123. The molecule has 0 saturated carbocycles. The van der Waals surface area contributed by atoms with Crippen LogP contribution >= 0.6 is 10.5 Å².